The monoisotopic (exact) mass is 1120 g/mol. The highest BCUT2D eigenvalue weighted by Gasteiger charge is 2.18. The number of allylic oxidation sites excluding steroid dienone is 5. The van der Waals surface area contributed by atoms with Crippen LogP contribution in [0.2, 0.25) is 0 Å². The summed E-state index contributed by atoms with van der Waals surface area (Å²) in [6.45, 7) is 4.93. The largest absolute Gasteiger partial charge is 0.466 e. The van der Waals surface area contributed by atoms with Gasteiger partial charge in [-0.1, -0.05) is 359 Å². The molecular formula is C74H141NO5. The number of aliphatic hydroxyl groups is 2. The first kappa shape index (κ1) is 78.1. The quantitative estimate of drug-likeness (QED) is 0.0320. The third-order valence-electron chi connectivity index (χ3n) is 16.9. The second kappa shape index (κ2) is 69.6. The highest BCUT2D eigenvalue weighted by molar-refractivity contribution is 5.76. The van der Waals surface area contributed by atoms with Crippen molar-refractivity contribution in [1.29, 1.82) is 0 Å². The van der Waals surface area contributed by atoms with Crippen molar-refractivity contribution in [1.82, 2.24) is 5.32 Å². The number of hydrogen-bond acceptors (Lipinski definition) is 5. The minimum Gasteiger partial charge on any atom is -0.466 e. The van der Waals surface area contributed by atoms with Gasteiger partial charge >= 0.3 is 5.97 Å². The van der Waals surface area contributed by atoms with Gasteiger partial charge in [-0.05, 0) is 64.2 Å². The summed E-state index contributed by atoms with van der Waals surface area (Å²) in [7, 11) is 0. The standard InChI is InChI=1S/C74H141NO5/c1-3-5-7-9-11-13-15-17-18-19-37-40-43-46-50-54-58-62-66-72(77)71(70-76)75-73(78)67-63-59-55-51-47-44-41-38-35-33-31-29-27-25-23-21-20-22-24-26-28-30-32-34-36-39-42-45-49-53-57-61-65-69-80-74(79)68-64-60-56-52-48-16-14-12-10-8-6-4-2/h24,26,30,32,62,66,71-72,76-77H,3-23,25,27-29,31,33-61,63-65,67-70H2,1-2H3,(H,75,78)/b26-24-,32-30-,66-62+. The topological polar surface area (TPSA) is 95.9 Å². The molecule has 0 aromatic heterocycles. The molecule has 3 N–H and O–H groups in total. The average Bonchev–Trinajstić information content (AvgIpc) is 3.46. The lowest BCUT2D eigenvalue weighted by Gasteiger charge is -2.20. The molecule has 0 spiro atoms. The van der Waals surface area contributed by atoms with E-state index in [2.05, 4.69) is 43.5 Å². The summed E-state index contributed by atoms with van der Waals surface area (Å²) >= 11 is 0. The Balaban J connectivity index is 3.40. The van der Waals surface area contributed by atoms with Crippen molar-refractivity contribution in [2.45, 2.75) is 411 Å². The van der Waals surface area contributed by atoms with Crippen molar-refractivity contribution in [3.63, 3.8) is 0 Å². The summed E-state index contributed by atoms with van der Waals surface area (Å²) in [6, 6.07) is -0.627. The molecular weight excluding hydrogens is 983 g/mol. The fourth-order valence-electron chi connectivity index (χ4n) is 11.4. The Hall–Kier alpha value is -1.92. The number of carbonyl (C=O) groups excluding carboxylic acids is 2. The number of amides is 1. The molecule has 0 heterocycles. The van der Waals surface area contributed by atoms with Crippen molar-refractivity contribution in [3.8, 4) is 0 Å². The van der Waals surface area contributed by atoms with Crippen LogP contribution in [0.4, 0.5) is 0 Å². The van der Waals surface area contributed by atoms with Gasteiger partial charge in [-0.3, -0.25) is 9.59 Å². The van der Waals surface area contributed by atoms with Gasteiger partial charge in [0.1, 0.15) is 0 Å². The molecule has 0 aromatic carbocycles. The van der Waals surface area contributed by atoms with Gasteiger partial charge in [0.15, 0.2) is 0 Å². The SMILES string of the molecule is CCCCCCCCCCCCCCCCCC/C=C/C(O)C(CO)NC(=O)CCCCCCCCCCCCCCCCCCC/C=C\C/C=C\CCCCCCCCCCCOC(=O)CCCCCCCCCCCCCC. The zero-order chi connectivity index (χ0) is 57.8. The first-order valence-electron chi connectivity index (χ1n) is 36.3. The van der Waals surface area contributed by atoms with Crippen molar-refractivity contribution in [2.24, 2.45) is 0 Å². The molecule has 0 aliphatic rings. The maximum absolute atomic E-state index is 12.5. The lowest BCUT2D eigenvalue weighted by Crippen LogP contribution is -2.45. The second-order valence-corrected chi connectivity index (χ2v) is 24.9. The zero-order valence-electron chi connectivity index (χ0n) is 54.1. The normalized spacial score (nSPS) is 12.7. The highest BCUT2D eigenvalue weighted by atomic mass is 16.5. The average molecular weight is 1120 g/mol. The van der Waals surface area contributed by atoms with E-state index in [1.165, 1.54) is 327 Å². The molecule has 1 amide bonds. The van der Waals surface area contributed by atoms with Crippen LogP contribution >= 0.6 is 0 Å². The predicted molar refractivity (Wildman–Crippen MR) is 352 cm³/mol. The van der Waals surface area contributed by atoms with E-state index in [1.807, 2.05) is 6.08 Å². The van der Waals surface area contributed by atoms with Crippen LogP contribution in [0.25, 0.3) is 0 Å². The first-order chi connectivity index (χ1) is 39.5. The van der Waals surface area contributed by atoms with E-state index >= 15 is 0 Å². The van der Waals surface area contributed by atoms with E-state index in [9.17, 15) is 19.8 Å². The van der Waals surface area contributed by atoms with Gasteiger partial charge < -0.3 is 20.3 Å². The summed E-state index contributed by atoms with van der Waals surface area (Å²) in [5, 5.41) is 23.2. The molecule has 0 fully saturated rings. The minimum absolute atomic E-state index is 0.0150. The molecule has 2 unspecified atom stereocenters. The van der Waals surface area contributed by atoms with Crippen molar-refractivity contribution in [3.05, 3.63) is 36.5 Å². The van der Waals surface area contributed by atoms with Crippen LogP contribution in [0, 0.1) is 0 Å². The molecule has 0 aliphatic carbocycles. The van der Waals surface area contributed by atoms with Crippen LogP contribution in [-0.4, -0.2) is 47.4 Å². The van der Waals surface area contributed by atoms with Crippen molar-refractivity contribution >= 4 is 11.9 Å². The van der Waals surface area contributed by atoms with Crippen molar-refractivity contribution < 1.29 is 24.5 Å². The summed E-state index contributed by atoms with van der Waals surface area (Å²) in [5.41, 5.74) is 0. The lowest BCUT2D eigenvalue weighted by atomic mass is 10.0. The van der Waals surface area contributed by atoms with Gasteiger partial charge in [-0.15, -0.1) is 0 Å². The minimum atomic E-state index is -0.844. The number of unbranched alkanes of at least 4 members (excludes halogenated alkanes) is 53. The Labute approximate surface area is 500 Å². The van der Waals surface area contributed by atoms with Gasteiger partial charge in [-0.2, -0.15) is 0 Å². The molecule has 0 saturated carbocycles. The van der Waals surface area contributed by atoms with Gasteiger partial charge in [0.25, 0.3) is 0 Å². The van der Waals surface area contributed by atoms with E-state index in [1.54, 1.807) is 6.08 Å². The Morgan fingerprint density at radius 1 is 0.350 bits per heavy atom. The van der Waals surface area contributed by atoms with Gasteiger partial charge in [0.2, 0.25) is 5.91 Å². The Bertz CT molecular complexity index is 1300. The van der Waals surface area contributed by atoms with E-state index in [0.717, 1.165) is 44.9 Å². The predicted octanol–water partition coefficient (Wildman–Crippen LogP) is 23.5. The molecule has 0 rings (SSSR count). The van der Waals surface area contributed by atoms with Gasteiger partial charge in [0.05, 0.1) is 25.4 Å². The molecule has 6 heteroatoms. The van der Waals surface area contributed by atoms with E-state index in [0.29, 0.717) is 19.4 Å². The summed E-state index contributed by atoms with van der Waals surface area (Å²) in [6.07, 6.45) is 89.5. The number of hydrogen-bond donors (Lipinski definition) is 3. The Morgan fingerprint density at radius 3 is 0.950 bits per heavy atom. The fraction of sp³-hybridized carbons (Fsp3) is 0.892. The molecule has 6 nitrogen and oxygen atoms in total. The summed E-state index contributed by atoms with van der Waals surface area (Å²) in [5.74, 6) is -0.0478. The van der Waals surface area contributed by atoms with Crippen LogP contribution in [0.1, 0.15) is 399 Å². The molecule has 0 radical (unpaired) electrons. The molecule has 80 heavy (non-hydrogen) atoms. The van der Waals surface area contributed by atoms with E-state index in [4.69, 9.17) is 4.74 Å². The molecule has 0 aromatic rings. The maximum Gasteiger partial charge on any atom is 0.305 e. The Kier molecular flexibility index (Phi) is 67.9. The number of esters is 1. The molecule has 0 saturated heterocycles. The smallest absolute Gasteiger partial charge is 0.305 e. The van der Waals surface area contributed by atoms with Crippen molar-refractivity contribution in [2.75, 3.05) is 13.2 Å². The lowest BCUT2D eigenvalue weighted by molar-refractivity contribution is -0.143. The van der Waals surface area contributed by atoms with Crippen LogP contribution in [0.5, 0.6) is 0 Å². The molecule has 0 bridgehead atoms. The Morgan fingerprint density at radius 2 is 0.625 bits per heavy atom. The van der Waals surface area contributed by atoms with E-state index < -0.39 is 12.1 Å². The molecule has 0 aliphatic heterocycles. The number of aliphatic hydroxyl groups excluding tert-OH is 2. The summed E-state index contributed by atoms with van der Waals surface area (Å²) < 4.78 is 5.48. The van der Waals surface area contributed by atoms with Crippen LogP contribution in [0.3, 0.4) is 0 Å². The van der Waals surface area contributed by atoms with E-state index in [-0.39, 0.29) is 18.5 Å². The van der Waals surface area contributed by atoms with Crippen LogP contribution in [0.15, 0.2) is 36.5 Å². The first-order valence-corrected chi connectivity index (χ1v) is 36.3. The van der Waals surface area contributed by atoms with Crippen LogP contribution in [-0.2, 0) is 14.3 Å². The zero-order valence-corrected chi connectivity index (χ0v) is 54.1. The van der Waals surface area contributed by atoms with Gasteiger partial charge in [0, 0.05) is 12.8 Å². The number of carbonyl (C=O) groups is 2. The van der Waals surface area contributed by atoms with Crippen LogP contribution < -0.4 is 5.32 Å². The maximum atomic E-state index is 12.5. The highest BCUT2D eigenvalue weighted by Crippen LogP contribution is 2.19. The molecule has 472 valence electrons. The number of ether oxygens (including phenoxy) is 1. The number of nitrogens with one attached hydrogen (secondary N) is 1. The molecule has 2 atom stereocenters. The third kappa shape index (κ3) is 65.2. The third-order valence-corrected chi connectivity index (χ3v) is 16.9. The number of rotatable bonds is 68. The van der Waals surface area contributed by atoms with Gasteiger partial charge in [-0.25, -0.2) is 0 Å². The summed E-state index contributed by atoms with van der Waals surface area (Å²) in [4.78, 5) is 24.5. The fourth-order valence-corrected chi connectivity index (χ4v) is 11.4. The second-order valence-electron chi connectivity index (χ2n) is 24.9.